The van der Waals surface area contributed by atoms with Crippen molar-refractivity contribution < 1.29 is 17.6 Å². The molecule has 0 aliphatic heterocycles. The van der Waals surface area contributed by atoms with Gasteiger partial charge in [0.05, 0.1) is 0 Å². The van der Waals surface area contributed by atoms with Gasteiger partial charge in [-0.15, -0.1) is 0 Å². The van der Waals surface area contributed by atoms with Gasteiger partial charge in [-0.1, -0.05) is 33.1 Å². The number of nitrogens with zero attached hydrogens (tertiary/aromatic N) is 1. The Morgan fingerprint density at radius 2 is 1.63 bits per heavy atom. The smallest absolute Gasteiger partial charge is 0.253 e. The van der Waals surface area contributed by atoms with E-state index >= 15 is 0 Å². The molecule has 1 rings (SSSR count). The predicted octanol–water partition coefficient (Wildman–Crippen LogP) is 4.27. The number of unbranched alkanes of at least 4 members (excludes halogenated alkanes) is 1. The van der Waals surface area contributed by atoms with Crippen molar-refractivity contribution in [3.63, 3.8) is 0 Å². The fourth-order valence-corrected chi connectivity index (χ4v) is 1.83. The van der Waals surface area contributed by atoms with E-state index in [2.05, 4.69) is 10.3 Å². The Labute approximate surface area is 110 Å². The van der Waals surface area contributed by atoms with Crippen LogP contribution >= 0.6 is 0 Å². The van der Waals surface area contributed by atoms with Gasteiger partial charge in [-0.05, 0) is 12.3 Å². The van der Waals surface area contributed by atoms with Gasteiger partial charge in [0, 0.05) is 6.54 Å². The first-order chi connectivity index (χ1) is 9.01. The SMILES string of the molecule is CCCCC(CC)CNc1c(F)c(F)nc(F)c1F. The van der Waals surface area contributed by atoms with Crippen LogP contribution in [0.5, 0.6) is 0 Å². The number of nitrogens with one attached hydrogen (secondary N) is 1. The molecule has 1 N–H and O–H groups in total. The second-order valence-electron chi connectivity index (χ2n) is 4.49. The van der Waals surface area contributed by atoms with E-state index in [0.717, 1.165) is 25.7 Å². The third-order valence-electron chi connectivity index (χ3n) is 3.11. The van der Waals surface area contributed by atoms with Crippen LogP contribution in [0.4, 0.5) is 23.2 Å². The van der Waals surface area contributed by atoms with E-state index in [9.17, 15) is 17.6 Å². The maximum absolute atomic E-state index is 13.3. The summed E-state index contributed by atoms with van der Waals surface area (Å²) in [4.78, 5) is 2.51. The van der Waals surface area contributed by atoms with Crippen molar-refractivity contribution >= 4 is 5.69 Å². The van der Waals surface area contributed by atoms with Gasteiger partial charge < -0.3 is 5.32 Å². The maximum atomic E-state index is 13.3. The van der Waals surface area contributed by atoms with Gasteiger partial charge in [0.15, 0.2) is 0 Å². The lowest BCUT2D eigenvalue weighted by Crippen LogP contribution is -2.17. The summed E-state index contributed by atoms with van der Waals surface area (Å²) in [6, 6.07) is 0. The van der Waals surface area contributed by atoms with Crippen molar-refractivity contribution in [1.82, 2.24) is 4.98 Å². The third kappa shape index (κ3) is 4.08. The fraction of sp³-hybridized carbons (Fsp3) is 0.615. The predicted molar refractivity (Wildman–Crippen MR) is 65.9 cm³/mol. The van der Waals surface area contributed by atoms with E-state index in [0.29, 0.717) is 0 Å². The molecule has 0 fully saturated rings. The van der Waals surface area contributed by atoms with Crippen LogP contribution in [0.15, 0.2) is 0 Å². The fourth-order valence-electron chi connectivity index (χ4n) is 1.83. The Bertz CT molecular complexity index is 397. The minimum atomic E-state index is -1.64. The zero-order valence-corrected chi connectivity index (χ0v) is 11.1. The number of anilines is 1. The first-order valence-corrected chi connectivity index (χ1v) is 6.45. The summed E-state index contributed by atoms with van der Waals surface area (Å²) in [5.41, 5.74) is -0.778. The lowest BCUT2D eigenvalue weighted by Gasteiger charge is -2.17. The average Bonchev–Trinajstić information content (AvgIpc) is 2.40. The Kier molecular flexibility index (Phi) is 6.05. The molecule has 108 valence electrons. The summed E-state index contributed by atoms with van der Waals surface area (Å²) in [5, 5.41) is 2.45. The summed E-state index contributed by atoms with van der Waals surface area (Å²) in [7, 11) is 0. The minimum Gasteiger partial charge on any atom is -0.380 e. The molecule has 6 heteroatoms. The number of hydrogen-bond donors (Lipinski definition) is 1. The van der Waals surface area contributed by atoms with Crippen LogP contribution in [-0.4, -0.2) is 11.5 Å². The molecular weight excluding hydrogens is 260 g/mol. The van der Waals surface area contributed by atoms with Crippen LogP contribution in [-0.2, 0) is 0 Å². The first-order valence-electron chi connectivity index (χ1n) is 6.45. The van der Waals surface area contributed by atoms with Gasteiger partial charge in [0.2, 0.25) is 11.6 Å². The number of pyridine rings is 1. The van der Waals surface area contributed by atoms with Crippen molar-refractivity contribution in [2.45, 2.75) is 39.5 Å². The van der Waals surface area contributed by atoms with Crippen molar-refractivity contribution in [3.05, 3.63) is 23.5 Å². The third-order valence-corrected chi connectivity index (χ3v) is 3.11. The maximum Gasteiger partial charge on any atom is 0.253 e. The van der Waals surface area contributed by atoms with E-state index in [4.69, 9.17) is 0 Å². The van der Waals surface area contributed by atoms with Gasteiger partial charge in [-0.3, -0.25) is 0 Å². The van der Waals surface area contributed by atoms with Gasteiger partial charge in [-0.25, -0.2) is 0 Å². The van der Waals surface area contributed by atoms with Crippen LogP contribution in [0.1, 0.15) is 39.5 Å². The van der Waals surface area contributed by atoms with E-state index in [-0.39, 0.29) is 12.5 Å². The normalized spacial score (nSPS) is 12.5. The highest BCUT2D eigenvalue weighted by Gasteiger charge is 2.21. The summed E-state index contributed by atoms with van der Waals surface area (Å²) in [6.45, 7) is 4.28. The number of aromatic nitrogens is 1. The highest BCUT2D eigenvalue weighted by Crippen LogP contribution is 2.23. The Balaban J connectivity index is 2.76. The lowest BCUT2D eigenvalue weighted by molar-refractivity contribution is 0.408. The number of rotatable bonds is 7. The molecule has 0 aliphatic rings. The van der Waals surface area contributed by atoms with Gasteiger partial charge in [0.25, 0.3) is 11.9 Å². The summed E-state index contributed by atoms with van der Waals surface area (Å²) in [5.74, 6) is -6.03. The Hall–Kier alpha value is -1.33. The lowest BCUT2D eigenvalue weighted by atomic mass is 9.99. The highest BCUT2D eigenvalue weighted by atomic mass is 19.2. The van der Waals surface area contributed by atoms with Crippen LogP contribution in [0.3, 0.4) is 0 Å². The standard InChI is InChI=1S/C13H18F4N2/c1-3-5-6-8(4-2)7-18-11-9(14)12(16)19-13(17)10(11)15/h8H,3-7H2,1-2H3,(H,18,19). The molecule has 0 saturated heterocycles. The summed E-state index contributed by atoms with van der Waals surface area (Å²) < 4.78 is 52.5. The van der Waals surface area contributed by atoms with Crippen molar-refractivity contribution in [1.29, 1.82) is 0 Å². The topological polar surface area (TPSA) is 24.9 Å². The number of halogens is 4. The van der Waals surface area contributed by atoms with Crippen LogP contribution in [0.2, 0.25) is 0 Å². The van der Waals surface area contributed by atoms with E-state index in [1.807, 2.05) is 13.8 Å². The summed E-state index contributed by atoms with van der Waals surface area (Å²) >= 11 is 0. The second kappa shape index (κ2) is 7.31. The molecule has 2 nitrogen and oxygen atoms in total. The average molecular weight is 278 g/mol. The van der Waals surface area contributed by atoms with Crippen LogP contribution in [0.25, 0.3) is 0 Å². The van der Waals surface area contributed by atoms with Gasteiger partial charge in [-0.2, -0.15) is 22.5 Å². The second-order valence-corrected chi connectivity index (χ2v) is 4.49. The molecular formula is C13H18F4N2. The molecule has 1 aromatic heterocycles. The van der Waals surface area contributed by atoms with Gasteiger partial charge in [0.1, 0.15) is 5.69 Å². The van der Waals surface area contributed by atoms with E-state index in [1.54, 1.807) is 0 Å². The molecule has 1 unspecified atom stereocenters. The molecule has 0 amide bonds. The molecule has 0 radical (unpaired) electrons. The molecule has 0 aromatic carbocycles. The zero-order chi connectivity index (χ0) is 14.4. The Morgan fingerprint density at radius 1 is 1.05 bits per heavy atom. The van der Waals surface area contributed by atoms with E-state index < -0.39 is 29.2 Å². The van der Waals surface area contributed by atoms with Gasteiger partial charge >= 0.3 is 0 Å². The highest BCUT2D eigenvalue weighted by molar-refractivity contribution is 5.45. The quantitative estimate of drug-likeness (QED) is 0.595. The molecule has 0 bridgehead atoms. The molecule has 1 atom stereocenters. The van der Waals surface area contributed by atoms with Crippen molar-refractivity contribution in [2.24, 2.45) is 5.92 Å². The zero-order valence-electron chi connectivity index (χ0n) is 11.1. The summed E-state index contributed by atoms with van der Waals surface area (Å²) in [6.07, 6.45) is 3.76. The molecule has 19 heavy (non-hydrogen) atoms. The largest absolute Gasteiger partial charge is 0.380 e. The van der Waals surface area contributed by atoms with Crippen molar-refractivity contribution in [2.75, 3.05) is 11.9 Å². The molecule has 0 spiro atoms. The minimum absolute atomic E-state index is 0.207. The number of hydrogen-bond acceptors (Lipinski definition) is 2. The van der Waals surface area contributed by atoms with Crippen molar-refractivity contribution in [3.8, 4) is 0 Å². The molecule has 0 saturated carbocycles. The monoisotopic (exact) mass is 278 g/mol. The molecule has 1 aromatic rings. The molecule has 1 heterocycles. The van der Waals surface area contributed by atoms with E-state index in [1.165, 1.54) is 0 Å². The van der Waals surface area contributed by atoms with Crippen LogP contribution in [0, 0.1) is 29.4 Å². The van der Waals surface area contributed by atoms with Crippen LogP contribution < -0.4 is 5.32 Å². The first kappa shape index (κ1) is 15.7. The Morgan fingerprint density at radius 3 is 2.11 bits per heavy atom. The molecule has 0 aliphatic carbocycles.